The summed E-state index contributed by atoms with van der Waals surface area (Å²) in [7, 11) is 0. The van der Waals surface area contributed by atoms with Crippen LogP contribution in [-0.4, -0.2) is 27.5 Å². The summed E-state index contributed by atoms with van der Waals surface area (Å²) in [5.74, 6) is 0.661. The van der Waals surface area contributed by atoms with Crippen molar-refractivity contribution in [2.24, 2.45) is 0 Å². The van der Waals surface area contributed by atoms with Crippen LogP contribution < -0.4 is 5.32 Å². The molecule has 1 aromatic carbocycles. The summed E-state index contributed by atoms with van der Waals surface area (Å²) in [5, 5.41) is 3.32. The standard InChI is InChI=1S/C18H23BrN4/c1-14-6-4-5-9-23(14)13-16-8-3-2-7-15(16)10-20-18-21-11-17(19)12-22-18/h2-3,7-8,11-12,14H,4-6,9-10,13H2,1H3,(H,20,21,22). The Morgan fingerprint density at radius 2 is 1.91 bits per heavy atom. The molecule has 1 unspecified atom stereocenters. The van der Waals surface area contributed by atoms with E-state index in [1.165, 1.54) is 36.9 Å². The molecule has 0 spiro atoms. The molecule has 122 valence electrons. The lowest BCUT2D eigenvalue weighted by Gasteiger charge is -2.33. The van der Waals surface area contributed by atoms with Gasteiger partial charge in [-0.25, -0.2) is 9.97 Å². The number of anilines is 1. The molecule has 2 aromatic rings. The van der Waals surface area contributed by atoms with Crippen LogP contribution in [0.25, 0.3) is 0 Å². The van der Waals surface area contributed by atoms with Crippen molar-refractivity contribution in [2.75, 3.05) is 11.9 Å². The van der Waals surface area contributed by atoms with Crippen LogP contribution in [0.4, 0.5) is 5.95 Å². The van der Waals surface area contributed by atoms with E-state index in [2.05, 4.69) is 67.3 Å². The Kier molecular flexibility index (Phi) is 5.62. The predicted molar refractivity (Wildman–Crippen MR) is 97.2 cm³/mol. The van der Waals surface area contributed by atoms with Gasteiger partial charge in [-0.05, 0) is 53.4 Å². The molecule has 0 aliphatic carbocycles. The average Bonchev–Trinajstić information content (AvgIpc) is 2.57. The molecule has 0 bridgehead atoms. The van der Waals surface area contributed by atoms with Gasteiger partial charge in [-0.3, -0.25) is 4.90 Å². The first-order chi connectivity index (χ1) is 11.2. The van der Waals surface area contributed by atoms with Crippen LogP contribution in [0.2, 0.25) is 0 Å². The molecule has 4 nitrogen and oxygen atoms in total. The Morgan fingerprint density at radius 3 is 2.65 bits per heavy atom. The Balaban J connectivity index is 1.66. The summed E-state index contributed by atoms with van der Waals surface area (Å²) in [6, 6.07) is 9.34. The second-order valence-electron chi connectivity index (χ2n) is 6.16. The highest BCUT2D eigenvalue weighted by atomic mass is 79.9. The van der Waals surface area contributed by atoms with Gasteiger partial charge in [0, 0.05) is 31.5 Å². The number of aromatic nitrogens is 2. The number of hydrogen-bond donors (Lipinski definition) is 1. The van der Waals surface area contributed by atoms with E-state index in [4.69, 9.17) is 0 Å². The first kappa shape index (κ1) is 16.4. The van der Waals surface area contributed by atoms with Gasteiger partial charge in [-0.15, -0.1) is 0 Å². The Hall–Kier alpha value is -1.46. The van der Waals surface area contributed by atoms with Gasteiger partial charge in [0.2, 0.25) is 5.95 Å². The zero-order chi connectivity index (χ0) is 16.1. The third kappa shape index (κ3) is 4.52. The molecule has 5 heteroatoms. The van der Waals surface area contributed by atoms with Gasteiger partial charge in [-0.1, -0.05) is 30.7 Å². The molecular formula is C18H23BrN4. The van der Waals surface area contributed by atoms with Crippen molar-refractivity contribution in [1.29, 1.82) is 0 Å². The molecule has 3 rings (SSSR count). The average molecular weight is 375 g/mol. The highest BCUT2D eigenvalue weighted by Crippen LogP contribution is 2.21. The number of hydrogen-bond acceptors (Lipinski definition) is 4. The molecule has 1 N–H and O–H groups in total. The van der Waals surface area contributed by atoms with E-state index in [1.54, 1.807) is 12.4 Å². The van der Waals surface area contributed by atoms with Crippen molar-refractivity contribution in [3.8, 4) is 0 Å². The minimum Gasteiger partial charge on any atom is -0.350 e. The fourth-order valence-corrected chi connectivity index (χ4v) is 3.28. The maximum absolute atomic E-state index is 4.27. The van der Waals surface area contributed by atoms with Crippen molar-refractivity contribution in [3.05, 3.63) is 52.3 Å². The molecule has 1 atom stereocenters. The van der Waals surface area contributed by atoms with E-state index in [0.717, 1.165) is 17.6 Å². The van der Waals surface area contributed by atoms with Crippen LogP contribution in [0.5, 0.6) is 0 Å². The van der Waals surface area contributed by atoms with Crippen LogP contribution in [-0.2, 0) is 13.1 Å². The lowest BCUT2D eigenvalue weighted by molar-refractivity contribution is 0.152. The van der Waals surface area contributed by atoms with Gasteiger partial charge >= 0.3 is 0 Å². The number of nitrogens with one attached hydrogen (secondary N) is 1. The van der Waals surface area contributed by atoms with Crippen molar-refractivity contribution in [1.82, 2.24) is 14.9 Å². The monoisotopic (exact) mass is 374 g/mol. The van der Waals surface area contributed by atoms with Crippen molar-refractivity contribution >= 4 is 21.9 Å². The molecule has 0 saturated carbocycles. The number of nitrogens with zero attached hydrogens (tertiary/aromatic N) is 3. The molecular weight excluding hydrogens is 352 g/mol. The summed E-state index contributed by atoms with van der Waals surface area (Å²) >= 11 is 3.36. The summed E-state index contributed by atoms with van der Waals surface area (Å²) in [4.78, 5) is 11.1. The molecule has 1 aliphatic rings. The maximum Gasteiger partial charge on any atom is 0.222 e. The summed E-state index contributed by atoms with van der Waals surface area (Å²) in [6.45, 7) is 5.33. The summed E-state index contributed by atoms with van der Waals surface area (Å²) in [6.07, 6.45) is 7.51. The highest BCUT2D eigenvalue weighted by molar-refractivity contribution is 9.10. The minimum atomic E-state index is 0.661. The van der Waals surface area contributed by atoms with Gasteiger partial charge in [0.1, 0.15) is 0 Å². The lowest BCUT2D eigenvalue weighted by atomic mass is 10.0. The second kappa shape index (κ2) is 7.88. The molecule has 0 amide bonds. The topological polar surface area (TPSA) is 41.0 Å². The largest absolute Gasteiger partial charge is 0.350 e. The van der Waals surface area contributed by atoms with Crippen LogP contribution in [0.15, 0.2) is 41.1 Å². The number of piperidine rings is 1. The number of rotatable bonds is 5. The fourth-order valence-electron chi connectivity index (χ4n) is 3.07. The molecule has 2 heterocycles. The Morgan fingerprint density at radius 1 is 1.17 bits per heavy atom. The minimum absolute atomic E-state index is 0.661. The van der Waals surface area contributed by atoms with Crippen molar-refractivity contribution < 1.29 is 0 Å². The molecule has 1 fully saturated rings. The van der Waals surface area contributed by atoms with E-state index in [9.17, 15) is 0 Å². The normalized spacial score (nSPS) is 18.8. The first-order valence-electron chi connectivity index (χ1n) is 8.24. The van der Waals surface area contributed by atoms with Crippen molar-refractivity contribution in [2.45, 2.75) is 45.3 Å². The highest BCUT2D eigenvalue weighted by Gasteiger charge is 2.19. The van der Waals surface area contributed by atoms with Crippen LogP contribution in [0.1, 0.15) is 37.3 Å². The number of halogens is 1. The van der Waals surface area contributed by atoms with Crippen molar-refractivity contribution in [3.63, 3.8) is 0 Å². The van der Waals surface area contributed by atoms with E-state index in [1.807, 2.05) is 0 Å². The lowest BCUT2D eigenvalue weighted by Crippen LogP contribution is -2.37. The zero-order valence-electron chi connectivity index (χ0n) is 13.5. The van der Waals surface area contributed by atoms with Crippen LogP contribution in [0.3, 0.4) is 0 Å². The third-order valence-corrected chi connectivity index (χ3v) is 4.90. The SMILES string of the molecule is CC1CCCCN1Cc1ccccc1CNc1ncc(Br)cn1. The summed E-state index contributed by atoms with van der Waals surface area (Å²) in [5.41, 5.74) is 2.71. The molecule has 1 aromatic heterocycles. The van der Waals surface area contributed by atoms with Gasteiger partial charge in [0.25, 0.3) is 0 Å². The number of likely N-dealkylation sites (tertiary alicyclic amines) is 1. The maximum atomic E-state index is 4.27. The van der Waals surface area contributed by atoms with E-state index in [0.29, 0.717) is 12.0 Å². The Bertz CT molecular complexity index is 629. The van der Waals surface area contributed by atoms with E-state index in [-0.39, 0.29) is 0 Å². The fraction of sp³-hybridized carbons (Fsp3) is 0.444. The quantitative estimate of drug-likeness (QED) is 0.850. The predicted octanol–water partition coefficient (Wildman–Crippen LogP) is 4.23. The first-order valence-corrected chi connectivity index (χ1v) is 9.04. The van der Waals surface area contributed by atoms with Gasteiger partial charge in [0.05, 0.1) is 4.47 Å². The van der Waals surface area contributed by atoms with E-state index >= 15 is 0 Å². The smallest absolute Gasteiger partial charge is 0.222 e. The van der Waals surface area contributed by atoms with Gasteiger partial charge < -0.3 is 5.32 Å². The van der Waals surface area contributed by atoms with Gasteiger partial charge in [0.15, 0.2) is 0 Å². The molecule has 1 aliphatic heterocycles. The van der Waals surface area contributed by atoms with Gasteiger partial charge in [-0.2, -0.15) is 0 Å². The molecule has 1 saturated heterocycles. The third-order valence-electron chi connectivity index (χ3n) is 4.49. The zero-order valence-corrected chi connectivity index (χ0v) is 15.1. The molecule has 23 heavy (non-hydrogen) atoms. The van der Waals surface area contributed by atoms with Crippen LogP contribution >= 0.6 is 15.9 Å². The number of benzene rings is 1. The second-order valence-corrected chi connectivity index (χ2v) is 7.08. The summed E-state index contributed by atoms with van der Waals surface area (Å²) < 4.78 is 0.891. The Labute approximate surface area is 146 Å². The van der Waals surface area contributed by atoms with Crippen LogP contribution in [0, 0.1) is 0 Å². The molecule has 0 radical (unpaired) electrons. The van der Waals surface area contributed by atoms with E-state index < -0.39 is 0 Å².